The average Bonchev–Trinajstić information content (AvgIpc) is 2.01. The van der Waals surface area contributed by atoms with E-state index in [9.17, 15) is 27.1 Å². The van der Waals surface area contributed by atoms with Crippen LogP contribution in [0.3, 0.4) is 0 Å². The molecule has 0 spiro atoms. The van der Waals surface area contributed by atoms with Crippen LogP contribution in [0, 0.1) is 5.92 Å². The van der Waals surface area contributed by atoms with Gasteiger partial charge in [0.15, 0.2) is 0 Å². The Hall–Kier alpha value is 0.0900. The molecule has 1 fully saturated rings. The lowest BCUT2D eigenvalue weighted by Gasteiger charge is -2.38. The van der Waals surface area contributed by atoms with Crippen molar-refractivity contribution in [3.63, 3.8) is 0 Å². The minimum absolute atomic E-state index is 0.457. The van der Waals surface area contributed by atoms with Gasteiger partial charge in [0.05, 0.1) is 5.92 Å². The Morgan fingerprint density at radius 1 is 1.07 bits per heavy atom. The summed E-state index contributed by atoms with van der Waals surface area (Å²) in [6, 6.07) is 0. The van der Waals surface area contributed by atoms with Crippen LogP contribution in [-0.2, 0) is 0 Å². The van der Waals surface area contributed by atoms with E-state index in [1.54, 1.807) is 0 Å². The molecule has 0 aromatic rings. The lowest BCUT2D eigenvalue weighted by atomic mass is 9.78. The van der Waals surface area contributed by atoms with Crippen molar-refractivity contribution in [1.29, 1.82) is 0 Å². The summed E-state index contributed by atoms with van der Waals surface area (Å²) in [5.41, 5.74) is -2.35. The van der Waals surface area contributed by atoms with Gasteiger partial charge >= 0.3 is 11.0 Å². The van der Waals surface area contributed by atoms with Crippen LogP contribution in [0.25, 0.3) is 0 Å². The van der Waals surface area contributed by atoms with Crippen LogP contribution in [0.4, 0.5) is 22.0 Å². The summed E-state index contributed by atoms with van der Waals surface area (Å²) in [6.45, 7) is 0. The van der Waals surface area contributed by atoms with Crippen LogP contribution in [-0.4, -0.2) is 21.7 Å². The molecule has 0 saturated heterocycles. The van der Waals surface area contributed by atoms with E-state index in [2.05, 4.69) is 0 Å². The molecular weight excluding hydrogens is 287 g/mol. The SMILES string of the molecule is OC1(C(F)(F)Br)CCC(C(F)(F)F)CC1. The summed E-state index contributed by atoms with van der Waals surface area (Å²) in [5.74, 6) is -1.58. The number of hydrogen-bond acceptors (Lipinski definition) is 1. The van der Waals surface area contributed by atoms with E-state index in [-0.39, 0.29) is 0 Å². The maximum atomic E-state index is 12.8. The number of alkyl halides is 6. The van der Waals surface area contributed by atoms with Crippen molar-refractivity contribution in [2.45, 2.75) is 42.3 Å². The minimum atomic E-state index is -4.36. The molecule has 1 N–H and O–H groups in total. The summed E-state index contributed by atoms with van der Waals surface area (Å²) in [6.07, 6.45) is -6.36. The molecule has 0 radical (unpaired) electrons. The lowest BCUT2D eigenvalue weighted by Crippen LogP contribution is -2.48. The van der Waals surface area contributed by atoms with Crippen molar-refractivity contribution in [2.75, 3.05) is 0 Å². The van der Waals surface area contributed by atoms with Crippen LogP contribution in [0.2, 0.25) is 0 Å². The Kier molecular flexibility index (Phi) is 3.36. The Bertz CT molecular complexity index is 226. The normalized spacial score (nSPS) is 34.2. The van der Waals surface area contributed by atoms with Gasteiger partial charge in [0.25, 0.3) is 0 Å². The molecule has 1 aliphatic rings. The molecule has 0 aromatic carbocycles. The summed E-state index contributed by atoms with van der Waals surface area (Å²) in [5, 5.41) is 9.43. The predicted molar refractivity (Wildman–Crippen MR) is 46.8 cm³/mol. The smallest absolute Gasteiger partial charge is 0.383 e. The van der Waals surface area contributed by atoms with E-state index in [1.165, 1.54) is 0 Å². The monoisotopic (exact) mass is 296 g/mol. The predicted octanol–water partition coefficient (Wildman–Crippen LogP) is 3.46. The molecule has 15 heavy (non-hydrogen) atoms. The zero-order chi connectivity index (χ0) is 11.9. The number of rotatable bonds is 1. The molecule has 0 aromatic heterocycles. The van der Waals surface area contributed by atoms with Crippen molar-refractivity contribution in [2.24, 2.45) is 5.92 Å². The van der Waals surface area contributed by atoms with Crippen LogP contribution in [0.5, 0.6) is 0 Å². The molecule has 1 nitrogen and oxygen atoms in total. The second-order valence-electron chi connectivity index (χ2n) is 3.85. The zero-order valence-corrected chi connectivity index (χ0v) is 9.21. The fraction of sp³-hybridized carbons (Fsp3) is 1.00. The van der Waals surface area contributed by atoms with Crippen LogP contribution >= 0.6 is 15.9 Å². The van der Waals surface area contributed by atoms with E-state index < -0.39 is 48.2 Å². The van der Waals surface area contributed by atoms with E-state index in [4.69, 9.17) is 0 Å². The fourth-order valence-electron chi connectivity index (χ4n) is 1.71. The van der Waals surface area contributed by atoms with Gasteiger partial charge in [-0.15, -0.1) is 0 Å². The maximum Gasteiger partial charge on any atom is 0.391 e. The summed E-state index contributed by atoms with van der Waals surface area (Å²) >= 11 is 2.00. The Labute approximate surface area is 91.8 Å². The Balaban J connectivity index is 2.64. The van der Waals surface area contributed by atoms with Gasteiger partial charge in [-0.2, -0.15) is 22.0 Å². The van der Waals surface area contributed by atoms with Crippen molar-refractivity contribution in [3.8, 4) is 0 Å². The number of halogens is 6. The van der Waals surface area contributed by atoms with Gasteiger partial charge in [0.2, 0.25) is 0 Å². The van der Waals surface area contributed by atoms with Gasteiger partial charge in [-0.3, -0.25) is 0 Å². The van der Waals surface area contributed by atoms with Gasteiger partial charge in [0, 0.05) is 0 Å². The first kappa shape index (κ1) is 13.2. The third-order valence-electron chi connectivity index (χ3n) is 2.80. The van der Waals surface area contributed by atoms with Crippen molar-refractivity contribution >= 4 is 15.9 Å². The quantitative estimate of drug-likeness (QED) is 0.580. The number of hydrogen-bond donors (Lipinski definition) is 1. The van der Waals surface area contributed by atoms with Crippen molar-refractivity contribution < 1.29 is 27.1 Å². The maximum absolute atomic E-state index is 12.8. The van der Waals surface area contributed by atoms with Gasteiger partial charge in [-0.25, -0.2) is 0 Å². The van der Waals surface area contributed by atoms with E-state index >= 15 is 0 Å². The second kappa shape index (κ2) is 3.84. The van der Waals surface area contributed by atoms with Crippen molar-refractivity contribution in [1.82, 2.24) is 0 Å². The first-order valence-electron chi connectivity index (χ1n) is 4.42. The van der Waals surface area contributed by atoms with Gasteiger partial charge in [-0.1, -0.05) is 0 Å². The largest absolute Gasteiger partial charge is 0.391 e. The topological polar surface area (TPSA) is 20.2 Å². The minimum Gasteiger partial charge on any atom is -0.383 e. The van der Waals surface area contributed by atoms with Crippen LogP contribution in [0.15, 0.2) is 0 Å². The third-order valence-corrected chi connectivity index (χ3v) is 3.54. The first-order valence-corrected chi connectivity index (χ1v) is 5.21. The standard InChI is InChI=1S/C8H10BrF5O/c9-8(13,14)6(15)3-1-5(2-4-6)7(10,11)12/h5,15H,1-4H2. The Morgan fingerprint density at radius 3 is 1.73 bits per heavy atom. The second-order valence-corrected chi connectivity index (χ2v) is 4.84. The molecule has 7 heteroatoms. The fourth-order valence-corrected chi connectivity index (χ4v) is 2.10. The van der Waals surface area contributed by atoms with E-state index in [0.717, 1.165) is 0 Å². The summed E-state index contributed by atoms with van der Waals surface area (Å²) < 4.78 is 62.2. The highest BCUT2D eigenvalue weighted by molar-refractivity contribution is 9.10. The van der Waals surface area contributed by atoms with Gasteiger partial charge in [0.1, 0.15) is 5.60 Å². The summed E-state index contributed by atoms with van der Waals surface area (Å²) in [4.78, 5) is -3.53. The molecule has 1 aliphatic carbocycles. The molecule has 0 unspecified atom stereocenters. The number of aliphatic hydroxyl groups is 1. The van der Waals surface area contributed by atoms with Crippen LogP contribution in [0.1, 0.15) is 25.7 Å². The molecular formula is C8H10BrF5O. The molecule has 0 atom stereocenters. The van der Waals surface area contributed by atoms with E-state index in [1.807, 2.05) is 15.9 Å². The first-order chi connectivity index (χ1) is 6.56. The molecule has 90 valence electrons. The molecule has 0 amide bonds. The molecule has 1 saturated carbocycles. The van der Waals surface area contributed by atoms with Gasteiger partial charge in [-0.05, 0) is 41.6 Å². The summed E-state index contributed by atoms with van der Waals surface area (Å²) in [7, 11) is 0. The molecule has 0 heterocycles. The Morgan fingerprint density at radius 2 is 1.47 bits per heavy atom. The third kappa shape index (κ3) is 2.81. The van der Waals surface area contributed by atoms with E-state index in [0.29, 0.717) is 0 Å². The van der Waals surface area contributed by atoms with Gasteiger partial charge < -0.3 is 5.11 Å². The molecule has 0 bridgehead atoms. The van der Waals surface area contributed by atoms with Crippen LogP contribution < -0.4 is 0 Å². The molecule has 1 rings (SSSR count). The average molecular weight is 297 g/mol. The highest BCUT2D eigenvalue weighted by Crippen LogP contribution is 2.48. The lowest BCUT2D eigenvalue weighted by molar-refractivity contribution is -0.207. The molecule has 0 aliphatic heterocycles. The highest BCUT2D eigenvalue weighted by atomic mass is 79.9. The zero-order valence-electron chi connectivity index (χ0n) is 7.62. The highest BCUT2D eigenvalue weighted by Gasteiger charge is 2.55. The van der Waals surface area contributed by atoms with Crippen molar-refractivity contribution in [3.05, 3.63) is 0 Å².